The SMILES string of the molecule is COC(=O)C1CCCN(C(=O)c2ccoc2)C1. The topological polar surface area (TPSA) is 59.8 Å². The van der Waals surface area contributed by atoms with Crippen LogP contribution in [0.25, 0.3) is 0 Å². The van der Waals surface area contributed by atoms with Gasteiger partial charge in [-0.25, -0.2) is 0 Å². The van der Waals surface area contributed by atoms with Gasteiger partial charge in [0.1, 0.15) is 6.26 Å². The van der Waals surface area contributed by atoms with Crippen molar-refractivity contribution in [2.75, 3.05) is 20.2 Å². The molecule has 1 aromatic heterocycles. The minimum absolute atomic E-state index is 0.0904. The fraction of sp³-hybridized carbons (Fsp3) is 0.500. The Balaban J connectivity index is 2.02. The van der Waals surface area contributed by atoms with E-state index < -0.39 is 0 Å². The normalized spacial score (nSPS) is 20.1. The maximum Gasteiger partial charge on any atom is 0.310 e. The molecule has 1 saturated heterocycles. The van der Waals surface area contributed by atoms with Gasteiger partial charge in [0.05, 0.1) is 24.9 Å². The van der Waals surface area contributed by atoms with Gasteiger partial charge in [-0.15, -0.1) is 0 Å². The first-order chi connectivity index (χ1) is 8.22. The van der Waals surface area contributed by atoms with E-state index in [1.807, 2.05) is 0 Å². The van der Waals surface area contributed by atoms with E-state index >= 15 is 0 Å². The van der Waals surface area contributed by atoms with E-state index in [1.54, 1.807) is 11.0 Å². The molecule has 0 bridgehead atoms. The highest BCUT2D eigenvalue weighted by molar-refractivity contribution is 5.94. The van der Waals surface area contributed by atoms with Gasteiger partial charge < -0.3 is 14.1 Å². The molecule has 0 N–H and O–H groups in total. The minimum atomic E-state index is -0.241. The van der Waals surface area contributed by atoms with Crippen LogP contribution in [0, 0.1) is 5.92 Å². The molecule has 2 heterocycles. The van der Waals surface area contributed by atoms with Crippen molar-refractivity contribution in [3.63, 3.8) is 0 Å². The molecule has 0 spiro atoms. The first-order valence-electron chi connectivity index (χ1n) is 5.61. The number of esters is 1. The maximum atomic E-state index is 12.0. The Hall–Kier alpha value is -1.78. The zero-order chi connectivity index (χ0) is 12.3. The number of ether oxygens (including phenoxy) is 1. The van der Waals surface area contributed by atoms with Crippen molar-refractivity contribution in [1.29, 1.82) is 0 Å². The van der Waals surface area contributed by atoms with Crippen LogP contribution in [0.2, 0.25) is 0 Å². The lowest BCUT2D eigenvalue weighted by molar-refractivity contribution is -0.146. The van der Waals surface area contributed by atoms with Gasteiger partial charge in [-0.05, 0) is 18.9 Å². The summed E-state index contributed by atoms with van der Waals surface area (Å²) in [5, 5.41) is 0. The van der Waals surface area contributed by atoms with Gasteiger partial charge in [0, 0.05) is 13.1 Å². The van der Waals surface area contributed by atoms with E-state index in [2.05, 4.69) is 0 Å². The van der Waals surface area contributed by atoms with Crippen LogP contribution in [0.5, 0.6) is 0 Å². The molecule has 0 saturated carbocycles. The summed E-state index contributed by atoms with van der Waals surface area (Å²) in [7, 11) is 1.37. The van der Waals surface area contributed by atoms with Crippen LogP contribution < -0.4 is 0 Å². The summed E-state index contributed by atoms with van der Waals surface area (Å²) in [6.45, 7) is 1.11. The third-order valence-corrected chi connectivity index (χ3v) is 3.01. The zero-order valence-electron chi connectivity index (χ0n) is 9.72. The number of furan rings is 1. The highest BCUT2D eigenvalue weighted by Gasteiger charge is 2.29. The number of likely N-dealkylation sites (tertiary alicyclic amines) is 1. The number of methoxy groups -OCH3 is 1. The molecule has 0 radical (unpaired) electrons. The van der Waals surface area contributed by atoms with Crippen LogP contribution in [0.15, 0.2) is 23.0 Å². The average Bonchev–Trinajstić information content (AvgIpc) is 2.91. The number of amides is 1. The third kappa shape index (κ3) is 2.49. The van der Waals surface area contributed by atoms with E-state index in [1.165, 1.54) is 19.6 Å². The van der Waals surface area contributed by atoms with Gasteiger partial charge in [0.2, 0.25) is 0 Å². The van der Waals surface area contributed by atoms with Gasteiger partial charge in [-0.2, -0.15) is 0 Å². The number of hydrogen-bond donors (Lipinski definition) is 0. The smallest absolute Gasteiger partial charge is 0.310 e. The Bertz CT molecular complexity index is 399. The summed E-state index contributed by atoms with van der Waals surface area (Å²) < 4.78 is 9.60. The maximum absolute atomic E-state index is 12.0. The van der Waals surface area contributed by atoms with Gasteiger partial charge >= 0.3 is 5.97 Å². The van der Waals surface area contributed by atoms with Crippen LogP contribution in [-0.2, 0) is 9.53 Å². The van der Waals surface area contributed by atoms with Crippen molar-refractivity contribution in [1.82, 2.24) is 4.90 Å². The predicted molar refractivity (Wildman–Crippen MR) is 59.4 cm³/mol. The van der Waals surface area contributed by atoms with Gasteiger partial charge in [0.25, 0.3) is 5.91 Å². The van der Waals surface area contributed by atoms with Crippen LogP contribution >= 0.6 is 0 Å². The molecule has 1 fully saturated rings. The molecule has 1 aliphatic heterocycles. The lowest BCUT2D eigenvalue weighted by Crippen LogP contribution is -2.42. The summed E-state index contributed by atoms with van der Waals surface area (Å²) in [4.78, 5) is 25.2. The summed E-state index contributed by atoms with van der Waals surface area (Å²) >= 11 is 0. The zero-order valence-corrected chi connectivity index (χ0v) is 9.72. The number of nitrogens with zero attached hydrogens (tertiary/aromatic N) is 1. The second kappa shape index (κ2) is 5.03. The Morgan fingerprint density at radius 3 is 3.00 bits per heavy atom. The average molecular weight is 237 g/mol. The Morgan fingerprint density at radius 2 is 2.35 bits per heavy atom. The van der Waals surface area contributed by atoms with Crippen LogP contribution in [0.3, 0.4) is 0 Å². The second-order valence-electron chi connectivity index (χ2n) is 4.13. The molecular weight excluding hydrogens is 222 g/mol. The monoisotopic (exact) mass is 237 g/mol. The van der Waals surface area contributed by atoms with Gasteiger partial charge in [0.15, 0.2) is 0 Å². The molecule has 5 nitrogen and oxygen atoms in total. The van der Waals surface area contributed by atoms with E-state index in [-0.39, 0.29) is 17.8 Å². The fourth-order valence-electron chi connectivity index (χ4n) is 2.09. The molecule has 2 rings (SSSR count). The van der Waals surface area contributed by atoms with Crippen LogP contribution in [-0.4, -0.2) is 37.0 Å². The van der Waals surface area contributed by atoms with Gasteiger partial charge in [-0.1, -0.05) is 0 Å². The summed E-state index contributed by atoms with van der Waals surface area (Å²) in [6, 6.07) is 1.63. The lowest BCUT2D eigenvalue weighted by Gasteiger charge is -2.31. The van der Waals surface area contributed by atoms with Crippen molar-refractivity contribution in [2.24, 2.45) is 5.92 Å². The molecule has 1 aliphatic rings. The Morgan fingerprint density at radius 1 is 1.53 bits per heavy atom. The lowest BCUT2D eigenvalue weighted by atomic mass is 9.98. The molecule has 5 heteroatoms. The van der Waals surface area contributed by atoms with Crippen molar-refractivity contribution in [2.45, 2.75) is 12.8 Å². The predicted octanol–water partition coefficient (Wildman–Crippen LogP) is 1.30. The second-order valence-corrected chi connectivity index (χ2v) is 4.13. The fourth-order valence-corrected chi connectivity index (χ4v) is 2.09. The quantitative estimate of drug-likeness (QED) is 0.727. The Labute approximate surface area is 99.3 Å². The van der Waals surface area contributed by atoms with E-state index in [0.717, 1.165) is 12.8 Å². The standard InChI is InChI=1S/C12H15NO4/c1-16-12(15)9-3-2-5-13(7-9)11(14)10-4-6-17-8-10/h4,6,8-9H,2-3,5,7H2,1H3. The first kappa shape index (κ1) is 11.7. The molecule has 92 valence electrons. The highest BCUT2D eigenvalue weighted by atomic mass is 16.5. The van der Waals surface area contributed by atoms with Crippen LogP contribution in [0.1, 0.15) is 23.2 Å². The largest absolute Gasteiger partial charge is 0.472 e. The van der Waals surface area contributed by atoms with Crippen LogP contribution in [0.4, 0.5) is 0 Å². The minimum Gasteiger partial charge on any atom is -0.472 e. The van der Waals surface area contributed by atoms with E-state index in [0.29, 0.717) is 18.7 Å². The third-order valence-electron chi connectivity index (χ3n) is 3.01. The molecule has 1 unspecified atom stereocenters. The number of piperidine rings is 1. The number of carbonyl (C=O) groups is 2. The summed E-state index contributed by atoms with van der Waals surface area (Å²) in [5.74, 6) is -0.536. The molecule has 0 aromatic carbocycles. The molecular formula is C12H15NO4. The molecule has 17 heavy (non-hydrogen) atoms. The first-order valence-corrected chi connectivity index (χ1v) is 5.61. The van der Waals surface area contributed by atoms with E-state index in [4.69, 9.17) is 9.15 Å². The number of carbonyl (C=O) groups excluding carboxylic acids is 2. The molecule has 1 aromatic rings. The number of rotatable bonds is 2. The summed E-state index contributed by atoms with van der Waals surface area (Å²) in [5.41, 5.74) is 0.524. The van der Waals surface area contributed by atoms with Crippen molar-refractivity contribution in [3.05, 3.63) is 24.2 Å². The highest BCUT2D eigenvalue weighted by Crippen LogP contribution is 2.19. The number of hydrogen-bond acceptors (Lipinski definition) is 4. The Kier molecular flexibility index (Phi) is 3.46. The molecule has 0 aliphatic carbocycles. The van der Waals surface area contributed by atoms with Crippen molar-refractivity contribution < 1.29 is 18.7 Å². The molecule has 1 atom stereocenters. The molecule has 1 amide bonds. The van der Waals surface area contributed by atoms with E-state index in [9.17, 15) is 9.59 Å². The van der Waals surface area contributed by atoms with Crippen molar-refractivity contribution in [3.8, 4) is 0 Å². The van der Waals surface area contributed by atoms with Gasteiger partial charge in [-0.3, -0.25) is 9.59 Å². The van der Waals surface area contributed by atoms with Crippen molar-refractivity contribution >= 4 is 11.9 Å². The summed E-state index contributed by atoms with van der Waals surface area (Å²) in [6.07, 6.45) is 4.49.